The fourth-order valence-corrected chi connectivity index (χ4v) is 0.224. The lowest BCUT2D eigenvalue weighted by atomic mass is 11.8. The quantitative estimate of drug-likeness (QED) is 0.440. The minimum Gasteiger partial charge on any atom is -0.303 e. The monoisotopic (exact) mass is 334 g/mol. The van der Waals surface area contributed by atoms with Gasteiger partial charge in [-0.05, 0) is 0 Å². The van der Waals surface area contributed by atoms with E-state index < -0.39 is 28.3 Å². The topological polar surface area (TPSA) is 174 Å². The Balaban J connectivity index is -0.000000190. The van der Waals surface area contributed by atoms with Gasteiger partial charge in [0.25, 0.3) is 10.1 Å². The molecule has 0 radical (unpaired) electrons. The van der Waals surface area contributed by atoms with E-state index in [-0.39, 0.29) is 0 Å². The smallest absolute Gasteiger partial charge is 0.303 e. The average Bonchev–Trinajstić information content (AvgIpc) is 2.15. The van der Waals surface area contributed by atoms with E-state index in [1.165, 1.54) is 0 Å². The Bertz CT molecular complexity index is 420. The van der Waals surface area contributed by atoms with Crippen LogP contribution in [0.2, 0.25) is 0 Å². The minimum absolute atomic E-state index is 0.715. The summed E-state index contributed by atoms with van der Waals surface area (Å²) in [5.74, 6) is 0. The first-order valence-electron chi connectivity index (χ1n) is 3.58. The summed E-state index contributed by atoms with van der Waals surface area (Å²) < 4.78 is 73.6. The fraction of sp³-hybridized carbons (Fsp3) is 1.00. The van der Waals surface area contributed by atoms with Crippen molar-refractivity contribution in [2.24, 2.45) is 0 Å². The molecular formula is C4H15O11PS2. The van der Waals surface area contributed by atoms with Crippen molar-refractivity contribution in [3.05, 3.63) is 0 Å². The average molecular weight is 334 g/mol. The molecule has 0 saturated heterocycles. The fourth-order valence-electron chi connectivity index (χ4n) is 0.0745. The van der Waals surface area contributed by atoms with Gasteiger partial charge in [0.15, 0.2) is 0 Å². The predicted molar refractivity (Wildman–Crippen MR) is 59.9 cm³/mol. The molecule has 18 heavy (non-hydrogen) atoms. The molecule has 3 N–H and O–H groups in total. The lowest BCUT2D eigenvalue weighted by Crippen LogP contribution is -1.96. The first kappa shape index (κ1) is 23.0. The van der Waals surface area contributed by atoms with Gasteiger partial charge < -0.3 is 4.89 Å². The zero-order valence-corrected chi connectivity index (χ0v) is 12.4. The summed E-state index contributed by atoms with van der Waals surface area (Å²) in [5.41, 5.74) is 0. The van der Waals surface area contributed by atoms with Gasteiger partial charge in [0.2, 0.25) is 0 Å². The third kappa shape index (κ3) is 44.6. The highest BCUT2D eigenvalue weighted by Crippen LogP contribution is 2.40. The molecule has 0 aliphatic heterocycles. The highest BCUT2D eigenvalue weighted by molar-refractivity contribution is 7.85. The van der Waals surface area contributed by atoms with Crippen molar-refractivity contribution in [1.82, 2.24) is 0 Å². The minimum atomic E-state index is -4.16. The Kier molecular flexibility index (Phi) is 12.5. The molecule has 0 aliphatic carbocycles. The second kappa shape index (κ2) is 9.77. The van der Waals surface area contributed by atoms with E-state index in [1.807, 2.05) is 0 Å². The molecule has 0 heterocycles. The van der Waals surface area contributed by atoms with Gasteiger partial charge >= 0.3 is 18.2 Å². The molecule has 0 amide bonds. The highest BCUT2D eigenvalue weighted by atomic mass is 32.3. The Morgan fingerprint density at radius 3 is 1.11 bits per heavy atom. The molecule has 0 aromatic heterocycles. The number of phosphoric acid groups is 1. The van der Waals surface area contributed by atoms with Crippen molar-refractivity contribution in [1.29, 1.82) is 0 Å². The second-order valence-corrected chi connectivity index (χ2v) is 6.48. The standard InChI is InChI=1S/C2H7O4P.CH4O4S.CH4O3S/c1-5-7(3,4)6-2;1-5-6(2,3)4;1-5(2,3)4/h1-2H3,(H,3,4);1H3,(H,2,3,4);1H3,(H,2,3,4). The van der Waals surface area contributed by atoms with E-state index in [0.717, 1.165) is 21.3 Å². The summed E-state index contributed by atoms with van der Waals surface area (Å²) in [6.07, 6.45) is 0.715. The Morgan fingerprint density at radius 2 is 1.11 bits per heavy atom. The van der Waals surface area contributed by atoms with Crippen LogP contribution in [0.1, 0.15) is 0 Å². The van der Waals surface area contributed by atoms with Gasteiger partial charge in [-0.3, -0.25) is 22.3 Å². The maximum atomic E-state index is 10.1. The summed E-state index contributed by atoms with van der Waals surface area (Å²) in [6, 6.07) is 0. The molecule has 14 heteroatoms. The Labute approximate surface area is 105 Å². The molecule has 114 valence electrons. The molecule has 0 aromatic rings. The van der Waals surface area contributed by atoms with E-state index in [0.29, 0.717) is 6.26 Å². The molecule has 11 nitrogen and oxygen atoms in total. The zero-order valence-electron chi connectivity index (χ0n) is 9.87. The van der Waals surface area contributed by atoms with Gasteiger partial charge in [0, 0.05) is 14.2 Å². The van der Waals surface area contributed by atoms with Crippen LogP contribution in [0.15, 0.2) is 0 Å². The molecule has 0 aromatic carbocycles. The predicted octanol–water partition coefficient (Wildman–Crippen LogP) is -0.681. The van der Waals surface area contributed by atoms with Crippen molar-refractivity contribution in [2.75, 3.05) is 27.6 Å². The van der Waals surface area contributed by atoms with Gasteiger partial charge in [-0.15, -0.1) is 0 Å². The van der Waals surface area contributed by atoms with Gasteiger partial charge in [-0.2, -0.15) is 16.8 Å². The molecule has 0 spiro atoms. The Morgan fingerprint density at radius 1 is 0.944 bits per heavy atom. The number of hydrogen-bond acceptors (Lipinski definition) is 8. The first-order chi connectivity index (χ1) is 7.68. The Hall–Kier alpha value is -0.110. The van der Waals surface area contributed by atoms with Crippen molar-refractivity contribution in [3.63, 3.8) is 0 Å². The highest BCUT2D eigenvalue weighted by Gasteiger charge is 2.13. The molecular weight excluding hydrogens is 319 g/mol. The summed E-state index contributed by atoms with van der Waals surface area (Å²) in [4.78, 5) is 8.24. The van der Waals surface area contributed by atoms with E-state index >= 15 is 0 Å². The molecule has 0 unspecified atom stereocenters. The lowest BCUT2D eigenvalue weighted by molar-refractivity contribution is 0.204. The van der Waals surface area contributed by atoms with E-state index in [4.69, 9.17) is 14.0 Å². The van der Waals surface area contributed by atoms with Crippen LogP contribution in [0.25, 0.3) is 0 Å². The van der Waals surface area contributed by atoms with Crippen molar-refractivity contribution >= 4 is 28.3 Å². The number of rotatable bonds is 3. The molecule has 0 saturated carbocycles. The molecule has 0 fully saturated rings. The van der Waals surface area contributed by atoms with Gasteiger partial charge in [0.05, 0.1) is 13.4 Å². The second-order valence-electron chi connectivity index (χ2n) is 2.16. The summed E-state index contributed by atoms with van der Waals surface area (Å²) in [6.45, 7) is 0. The van der Waals surface area contributed by atoms with Crippen molar-refractivity contribution in [2.45, 2.75) is 0 Å². The first-order valence-corrected chi connectivity index (χ1v) is 8.29. The maximum Gasteiger partial charge on any atom is 0.471 e. The number of phosphoric ester groups is 1. The summed E-state index contributed by atoms with van der Waals surface area (Å²) >= 11 is 0. The van der Waals surface area contributed by atoms with Crippen LogP contribution in [0.5, 0.6) is 0 Å². The van der Waals surface area contributed by atoms with Crippen LogP contribution in [0.3, 0.4) is 0 Å². The van der Waals surface area contributed by atoms with Gasteiger partial charge in [0.1, 0.15) is 0 Å². The van der Waals surface area contributed by atoms with Crippen LogP contribution in [0.4, 0.5) is 0 Å². The van der Waals surface area contributed by atoms with Crippen LogP contribution < -0.4 is 0 Å². The lowest BCUT2D eigenvalue weighted by Gasteiger charge is -2.01. The van der Waals surface area contributed by atoms with E-state index in [9.17, 15) is 21.4 Å². The maximum absolute atomic E-state index is 10.1. The van der Waals surface area contributed by atoms with Crippen LogP contribution in [-0.2, 0) is 38.3 Å². The normalized spacial score (nSPS) is 11.7. The third-order valence-corrected chi connectivity index (χ3v) is 2.02. The third-order valence-electron chi connectivity index (χ3n) is 0.672. The van der Waals surface area contributed by atoms with E-state index in [1.54, 1.807) is 0 Å². The molecule has 0 atom stereocenters. The zero-order chi connectivity index (χ0) is 15.6. The number of hydrogen-bond donors (Lipinski definition) is 3. The van der Waals surface area contributed by atoms with Crippen LogP contribution in [-0.4, -0.2) is 58.4 Å². The molecule has 0 aliphatic rings. The van der Waals surface area contributed by atoms with Gasteiger partial charge in [-0.25, -0.2) is 4.57 Å². The van der Waals surface area contributed by atoms with Crippen molar-refractivity contribution in [3.8, 4) is 0 Å². The summed E-state index contributed by atoms with van der Waals surface area (Å²) in [7, 11) is -8.41. The summed E-state index contributed by atoms with van der Waals surface area (Å²) in [5, 5.41) is 0. The molecule has 0 rings (SSSR count). The van der Waals surface area contributed by atoms with Crippen LogP contribution >= 0.6 is 7.82 Å². The molecule has 0 bridgehead atoms. The largest absolute Gasteiger partial charge is 0.471 e. The van der Waals surface area contributed by atoms with Gasteiger partial charge in [-0.1, -0.05) is 0 Å². The van der Waals surface area contributed by atoms with Crippen LogP contribution in [0, 0.1) is 0 Å². The van der Waals surface area contributed by atoms with Crippen molar-refractivity contribution < 1.29 is 48.6 Å². The SMILES string of the molecule is COP(=O)(O)OC.COS(=O)(=O)O.CS(=O)(=O)O. The van der Waals surface area contributed by atoms with E-state index in [2.05, 4.69) is 13.2 Å².